The Balaban J connectivity index is 2.48. The number of benzene rings is 1. The molecule has 3 N–H and O–H groups in total. The largest absolute Gasteiger partial charge is 0.329 e. The van der Waals surface area contributed by atoms with Crippen LogP contribution in [0.4, 0.5) is 0 Å². The van der Waals surface area contributed by atoms with Crippen LogP contribution in [0.2, 0.25) is 0 Å². The van der Waals surface area contributed by atoms with Crippen LogP contribution in [-0.2, 0) is 6.54 Å². The van der Waals surface area contributed by atoms with Crippen molar-refractivity contribution in [2.45, 2.75) is 32.4 Å². The van der Waals surface area contributed by atoms with Crippen LogP contribution in [0.15, 0.2) is 30.3 Å². The molecule has 0 saturated heterocycles. The maximum atomic E-state index is 5.72. The zero-order valence-electron chi connectivity index (χ0n) is 9.09. The van der Waals surface area contributed by atoms with Crippen molar-refractivity contribution in [3.05, 3.63) is 35.9 Å². The van der Waals surface area contributed by atoms with E-state index in [9.17, 15) is 0 Å². The monoisotopic (exact) mass is 192 g/mol. The highest BCUT2D eigenvalue weighted by molar-refractivity contribution is 5.14. The van der Waals surface area contributed by atoms with Crippen molar-refractivity contribution >= 4 is 0 Å². The van der Waals surface area contributed by atoms with Crippen LogP contribution in [-0.4, -0.2) is 12.1 Å². The predicted molar refractivity (Wildman–Crippen MR) is 61.0 cm³/mol. The van der Waals surface area contributed by atoms with Gasteiger partial charge < -0.3 is 11.1 Å². The molecule has 2 heteroatoms. The zero-order valence-corrected chi connectivity index (χ0v) is 9.09. The lowest BCUT2D eigenvalue weighted by Gasteiger charge is -2.28. The second-order valence-electron chi connectivity index (χ2n) is 3.96. The van der Waals surface area contributed by atoms with E-state index in [2.05, 4.69) is 43.4 Å². The van der Waals surface area contributed by atoms with Gasteiger partial charge in [0, 0.05) is 18.6 Å². The molecule has 1 aromatic carbocycles. The van der Waals surface area contributed by atoms with E-state index < -0.39 is 0 Å². The maximum Gasteiger partial charge on any atom is 0.0276 e. The highest BCUT2D eigenvalue weighted by Crippen LogP contribution is 2.08. The van der Waals surface area contributed by atoms with Crippen LogP contribution >= 0.6 is 0 Å². The van der Waals surface area contributed by atoms with Gasteiger partial charge in [-0.1, -0.05) is 37.3 Å². The van der Waals surface area contributed by atoms with Gasteiger partial charge in [0.15, 0.2) is 0 Å². The molecule has 0 spiro atoms. The summed E-state index contributed by atoms with van der Waals surface area (Å²) in [7, 11) is 0. The number of hydrogen-bond donors (Lipinski definition) is 2. The fraction of sp³-hybridized carbons (Fsp3) is 0.500. The second-order valence-corrected chi connectivity index (χ2v) is 3.96. The summed E-state index contributed by atoms with van der Waals surface area (Å²) in [5.41, 5.74) is 7.09. The van der Waals surface area contributed by atoms with Gasteiger partial charge in [-0.25, -0.2) is 0 Å². The first-order valence-corrected chi connectivity index (χ1v) is 5.19. The van der Waals surface area contributed by atoms with Gasteiger partial charge in [-0.2, -0.15) is 0 Å². The Morgan fingerprint density at radius 1 is 1.29 bits per heavy atom. The Hall–Kier alpha value is -0.860. The summed E-state index contributed by atoms with van der Waals surface area (Å²) in [6, 6.07) is 10.4. The molecule has 0 aromatic heterocycles. The van der Waals surface area contributed by atoms with E-state index in [-0.39, 0.29) is 5.54 Å². The fourth-order valence-electron chi connectivity index (χ4n) is 1.25. The first kappa shape index (κ1) is 11.2. The number of nitrogens with two attached hydrogens (primary N) is 1. The van der Waals surface area contributed by atoms with Crippen LogP contribution in [0.1, 0.15) is 25.8 Å². The Morgan fingerprint density at radius 3 is 2.43 bits per heavy atom. The summed E-state index contributed by atoms with van der Waals surface area (Å²) >= 11 is 0. The lowest BCUT2D eigenvalue weighted by atomic mass is 9.99. The minimum Gasteiger partial charge on any atom is -0.329 e. The summed E-state index contributed by atoms with van der Waals surface area (Å²) in [5.74, 6) is 0. The third kappa shape index (κ3) is 3.13. The quantitative estimate of drug-likeness (QED) is 0.748. The van der Waals surface area contributed by atoms with Crippen LogP contribution < -0.4 is 11.1 Å². The third-order valence-electron chi connectivity index (χ3n) is 2.79. The van der Waals surface area contributed by atoms with Crippen molar-refractivity contribution in [2.75, 3.05) is 6.54 Å². The molecule has 1 rings (SSSR count). The molecule has 0 fully saturated rings. The van der Waals surface area contributed by atoms with Crippen molar-refractivity contribution < 1.29 is 0 Å². The first-order chi connectivity index (χ1) is 6.70. The molecule has 0 heterocycles. The number of rotatable bonds is 5. The Bertz CT molecular complexity index is 252. The van der Waals surface area contributed by atoms with Crippen molar-refractivity contribution in [3.63, 3.8) is 0 Å². The van der Waals surface area contributed by atoms with Crippen molar-refractivity contribution in [2.24, 2.45) is 5.73 Å². The molecule has 0 aliphatic carbocycles. The van der Waals surface area contributed by atoms with E-state index in [4.69, 9.17) is 5.73 Å². The first-order valence-electron chi connectivity index (χ1n) is 5.19. The topological polar surface area (TPSA) is 38.0 Å². The molecule has 78 valence electrons. The zero-order chi connectivity index (χ0) is 10.4. The average molecular weight is 192 g/mol. The summed E-state index contributed by atoms with van der Waals surface area (Å²) in [6.45, 7) is 5.89. The summed E-state index contributed by atoms with van der Waals surface area (Å²) in [6.07, 6.45) is 1.05. The van der Waals surface area contributed by atoms with Gasteiger partial charge in [0.05, 0.1) is 0 Å². The average Bonchev–Trinajstić information content (AvgIpc) is 2.27. The van der Waals surface area contributed by atoms with E-state index >= 15 is 0 Å². The molecule has 0 bridgehead atoms. The normalized spacial score (nSPS) is 15.1. The predicted octanol–water partition coefficient (Wildman–Crippen LogP) is 1.90. The minimum atomic E-state index is 0.0653. The van der Waals surface area contributed by atoms with Gasteiger partial charge in [-0.15, -0.1) is 0 Å². The van der Waals surface area contributed by atoms with Gasteiger partial charge in [0.1, 0.15) is 0 Å². The number of nitrogens with one attached hydrogen (secondary N) is 1. The Morgan fingerprint density at radius 2 is 1.93 bits per heavy atom. The lowest BCUT2D eigenvalue weighted by molar-refractivity contribution is 0.350. The van der Waals surface area contributed by atoms with E-state index in [1.54, 1.807) is 0 Å². The molecule has 2 nitrogen and oxygen atoms in total. The van der Waals surface area contributed by atoms with Crippen molar-refractivity contribution in [1.29, 1.82) is 0 Å². The molecule has 1 aromatic rings. The molecule has 0 aliphatic rings. The molecule has 0 radical (unpaired) electrons. The summed E-state index contributed by atoms with van der Waals surface area (Å²) < 4.78 is 0. The van der Waals surface area contributed by atoms with Gasteiger partial charge in [0.2, 0.25) is 0 Å². The van der Waals surface area contributed by atoms with Crippen molar-refractivity contribution in [3.8, 4) is 0 Å². The molecule has 1 unspecified atom stereocenters. The Labute approximate surface area is 86.5 Å². The molecule has 0 amide bonds. The molecule has 1 atom stereocenters. The van der Waals surface area contributed by atoms with E-state index in [0.29, 0.717) is 6.54 Å². The van der Waals surface area contributed by atoms with Crippen LogP contribution in [0.25, 0.3) is 0 Å². The van der Waals surface area contributed by atoms with Gasteiger partial charge in [-0.3, -0.25) is 0 Å². The van der Waals surface area contributed by atoms with Gasteiger partial charge >= 0.3 is 0 Å². The molecule has 0 saturated carbocycles. The van der Waals surface area contributed by atoms with Crippen LogP contribution in [0, 0.1) is 0 Å². The SMILES string of the molecule is CCC(C)(CN)NCc1ccccc1. The highest BCUT2D eigenvalue weighted by Gasteiger charge is 2.18. The molecular weight excluding hydrogens is 172 g/mol. The summed E-state index contributed by atoms with van der Waals surface area (Å²) in [5, 5.41) is 3.49. The van der Waals surface area contributed by atoms with Crippen molar-refractivity contribution in [1.82, 2.24) is 5.32 Å². The number of hydrogen-bond acceptors (Lipinski definition) is 2. The summed E-state index contributed by atoms with van der Waals surface area (Å²) in [4.78, 5) is 0. The van der Waals surface area contributed by atoms with Gasteiger partial charge in [0.25, 0.3) is 0 Å². The van der Waals surface area contributed by atoms with Crippen LogP contribution in [0.5, 0.6) is 0 Å². The molecule has 14 heavy (non-hydrogen) atoms. The molecule has 0 aliphatic heterocycles. The standard InChI is InChI=1S/C12H20N2/c1-3-12(2,10-13)14-9-11-7-5-4-6-8-11/h4-8,14H,3,9-10,13H2,1-2H3. The van der Waals surface area contributed by atoms with Gasteiger partial charge in [-0.05, 0) is 18.9 Å². The maximum absolute atomic E-state index is 5.72. The van der Waals surface area contributed by atoms with Crippen LogP contribution in [0.3, 0.4) is 0 Å². The Kier molecular flexibility index (Phi) is 4.11. The second kappa shape index (κ2) is 5.13. The molecular formula is C12H20N2. The minimum absolute atomic E-state index is 0.0653. The smallest absolute Gasteiger partial charge is 0.0276 e. The third-order valence-corrected chi connectivity index (χ3v) is 2.79. The van der Waals surface area contributed by atoms with E-state index in [1.165, 1.54) is 5.56 Å². The fourth-order valence-corrected chi connectivity index (χ4v) is 1.25. The highest BCUT2D eigenvalue weighted by atomic mass is 15.0. The lowest BCUT2D eigenvalue weighted by Crippen LogP contribution is -2.47. The van der Waals surface area contributed by atoms with E-state index in [1.807, 2.05) is 6.07 Å². The van der Waals surface area contributed by atoms with E-state index in [0.717, 1.165) is 13.0 Å².